The van der Waals surface area contributed by atoms with Crippen molar-refractivity contribution in [2.45, 2.75) is 59.5 Å². The Kier molecular flexibility index (Phi) is 9.10. The standard InChI is InChI=1S/C35H40N4O2/c1-5-7-18-41-30-12-8-10-28(20-30)35(40)29-11-9-13-33-32(21-29)31-19-26(14-15-34(31)37-33)23-38(6-2)17-16-27-22-36-39(24-27)25(3)4/h8-15,19-22,24-25H,5-7,16-18,23H2,1-4H3. The second-order valence-electron chi connectivity index (χ2n) is 11.0. The number of hydrogen-bond donors (Lipinski definition) is 0. The van der Waals surface area contributed by atoms with Crippen LogP contribution >= 0.6 is 0 Å². The molecule has 0 fully saturated rings. The first-order valence-corrected chi connectivity index (χ1v) is 14.8. The normalized spacial score (nSPS) is 11.7. The molecule has 2 heterocycles. The Morgan fingerprint density at radius 1 is 0.976 bits per heavy atom. The third-order valence-corrected chi connectivity index (χ3v) is 7.58. The van der Waals surface area contributed by atoms with Gasteiger partial charge < -0.3 is 4.74 Å². The molecule has 1 aliphatic carbocycles. The first kappa shape index (κ1) is 28.5. The van der Waals surface area contributed by atoms with Crippen molar-refractivity contribution in [2.24, 2.45) is 0 Å². The van der Waals surface area contributed by atoms with Crippen molar-refractivity contribution in [2.75, 3.05) is 19.7 Å². The SMILES string of the molecule is CCCCOc1cccc(C(=O)c2cccc3nc4ccc(CN(CC)CCc5cnn(C(C)C)c5)cc4c-3c2)c1. The average molecular weight is 549 g/mol. The second kappa shape index (κ2) is 13.1. The van der Waals surface area contributed by atoms with Crippen molar-refractivity contribution in [3.8, 4) is 17.0 Å². The van der Waals surface area contributed by atoms with E-state index in [0.29, 0.717) is 23.8 Å². The van der Waals surface area contributed by atoms with Crippen molar-refractivity contribution in [1.82, 2.24) is 19.7 Å². The van der Waals surface area contributed by atoms with Crippen LogP contribution in [0.3, 0.4) is 0 Å². The Bertz CT molecular complexity index is 1590. The number of fused-ring (bicyclic) bond motifs is 3. The van der Waals surface area contributed by atoms with Gasteiger partial charge in [-0.1, -0.05) is 50.6 Å². The van der Waals surface area contributed by atoms with Crippen molar-refractivity contribution < 1.29 is 9.53 Å². The maximum atomic E-state index is 13.6. The highest BCUT2D eigenvalue weighted by Crippen LogP contribution is 2.32. The van der Waals surface area contributed by atoms with E-state index >= 15 is 0 Å². The maximum Gasteiger partial charge on any atom is 0.193 e. The summed E-state index contributed by atoms with van der Waals surface area (Å²) in [5.41, 5.74) is 6.60. The van der Waals surface area contributed by atoms with Gasteiger partial charge in [-0.05, 0) is 80.8 Å². The number of rotatable bonds is 13. The van der Waals surface area contributed by atoms with Crippen LogP contribution in [-0.4, -0.2) is 45.1 Å². The van der Waals surface area contributed by atoms with Gasteiger partial charge in [-0.2, -0.15) is 5.10 Å². The predicted molar refractivity (Wildman–Crippen MR) is 166 cm³/mol. The fourth-order valence-corrected chi connectivity index (χ4v) is 5.10. The summed E-state index contributed by atoms with van der Waals surface area (Å²) in [6, 6.07) is 22.2. The monoisotopic (exact) mass is 548 g/mol. The zero-order valence-electron chi connectivity index (χ0n) is 24.6. The highest BCUT2D eigenvalue weighted by molar-refractivity contribution is 6.10. The first-order valence-electron chi connectivity index (χ1n) is 14.8. The lowest BCUT2D eigenvalue weighted by molar-refractivity contribution is 0.103. The van der Waals surface area contributed by atoms with E-state index in [1.165, 1.54) is 11.1 Å². The Hall–Kier alpha value is -4.03. The van der Waals surface area contributed by atoms with Crippen LogP contribution in [-0.2, 0) is 13.0 Å². The van der Waals surface area contributed by atoms with Gasteiger partial charge in [0.1, 0.15) is 5.75 Å². The molecule has 41 heavy (non-hydrogen) atoms. The number of nitrogens with zero attached hydrogens (tertiary/aromatic N) is 4. The van der Waals surface area contributed by atoms with E-state index < -0.39 is 0 Å². The summed E-state index contributed by atoms with van der Waals surface area (Å²) in [4.78, 5) is 20.9. The van der Waals surface area contributed by atoms with Crippen LogP contribution in [0.15, 0.2) is 79.1 Å². The number of carbonyl (C=O) groups is 1. The summed E-state index contributed by atoms with van der Waals surface area (Å²) in [6.07, 6.45) is 7.16. The Labute approximate surface area is 243 Å². The lowest BCUT2D eigenvalue weighted by Crippen LogP contribution is -2.25. The van der Waals surface area contributed by atoms with E-state index in [-0.39, 0.29) is 5.78 Å². The van der Waals surface area contributed by atoms with Gasteiger partial charge in [0.05, 0.1) is 24.0 Å². The molecule has 0 saturated carbocycles. The molecule has 6 heteroatoms. The number of ether oxygens (including phenoxy) is 1. The number of benzene rings is 2. The van der Waals surface area contributed by atoms with Gasteiger partial charge in [0, 0.05) is 47.4 Å². The Morgan fingerprint density at radius 2 is 1.78 bits per heavy atom. The molecule has 212 valence electrons. The lowest BCUT2D eigenvalue weighted by atomic mass is 10.0. The van der Waals surface area contributed by atoms with Crippen LogP contribution in [0.2, 0.25) is 0 Å². The molecular weight excluding hydrogens is 508 g/mol. The minimum absolute atomic E-state index is 0.0214. The molecular formula is C35H40N4O2. The van der Waals surface area contributed by atoms with Crippen LogP contribution in [0, 0.1) is 0 Å². The van der Waals surface area contributed by atoms with Crippen LogP contribution in [0.5, 0.6) is 5.75 Å². The number of ketones is 1. The summed E-state index contributed by atoms with van der Waals surface area (Å²) in [5.74, 6) is 0.709. The van der Waals surface area contributed by atoms with E-state index in [4.69, 9.17) is 9.72 Å². The van der Waals surface area contributed by atoms with Gasteiger partial charge in [-0.25, -0.2) is 4.98 Å². The lowest BCUT2D eigenvalue weighted by Gasteiger charge is -2.20. The molecule has 3 aromatic rings. The van der Waals surface area contributed by atoms with Crippen LogP contribution in [0.1, 0.15) is 73.6 Å². The Morgan fingerprint density at radius 3 is 2.54 bits per heavy atom. The smallest absolute Gasteiger partial charge is 0.193 e. The van der Waals surface area contributed by atoms with Crippen LogP contribution in [0.25, 0.3) is 22.2 Å². The molecule has 0 radical (unpaired) electrons. The zero-order chi connectivity index (χ0) is 28.8. The first-order chi connectivity index (χ1) is 19.9. The van der Waals surface area contributed by atoms with Gasteiger partial charge in [-0.3, -0.25) is 14.4 Å². The summed E-state index contributed by atoms with van der Waals surface area (Å²) in [5, 5.41) is 5.56. The third-order valence-electron chi connectivity index (χ3n) is 7.58. The maximum absolute atomic E-state index is 13.6. The van der Waals surface area contributed by atoms with E-state index in [9.17, 15) is 4.79 Å². The summed E-state index contributed by atoms with van der Waals surface area (Å²) in [7, 11) is 0. The van der Waals surface area contributed by atoms with Gasteiger partial charge in [0.15, 0.2) is 5.78 Å². The molecule has 1 aliphatic heterocycles. The van der Waals surface area contributed by atoms with Crippen molar-refractivity contribution in [1.29, 1.82) is 0 Å². The second-order valence-corrected chi connectivity index (χ2v) is 11.0. The average Bonchev–Trinajstić information content (AvgIpc) is 3.53. The van der Waals surface area contributed by atoms with E-state index in [1.54, 1.807) is 0 Å². The van der Waals surface area contributed by atoms with Crippen molar-refractivity contribution in [3.05, 3.63) is 101 Å². The molecule has 2 aromatic carbocycles. The molecule has 0 amide bonds. The van der Waals surface area contributed by atoms with Crippen LogP contribution < -0.4 is 4.74 Å². The molecule has 2 aliphatic rings. The number of carbonyl (C=O) groups excluding carboxylic acids is 1. The minimum Gasteiger partial charge on any atom is -0.494 e. The highest BCUT2D eigenvalue weighted by atomic mass is 16.5. The highest BCUT2D eigenvalue weighted by Gasteiger charge is 2.16. The van der Waals surface area contributed by atoms with Crippen LogP contribution in [0.4, 0.5) is 0 Å². The number of unbranched alkanes of at least 4 members (excludes halogenated alkanes) is 1. The summed E-state index contributed by atoms with van der Waals surface area (Å²) < 4.78 is 7.86. The quantitative estimate of drug-likeness (QED) is 0.112. The van der Waals surface area contributed by atoms with E-state index in [2.05, 4.69) is 62.1 Å². The minimum atomic E-state index is -0.0214. The van der Waals surface area contributed by atoms with Gasteiger partial charge >= 0.3 is 0 Å². The molecule has 0 bridgehead atoms. The van der Waals surface area contributed by atoms with E-state index in [0.717, 1.165) is 66.8 Å². The van der Waals surface area contributed by atoms with Gasteiger partial charge in [0.2, 0.25) is 0 Å². The Balaban J connectivity index is 1.36. The van der Waals surface area contributed by atoms with Crippen molar-refractivity contribution in [3.63, 3.8) is 0 Å². The summed E-state index contributed by atoms with van der Waals surface area (Å²) in [6.45, 7) is 12.1. The topological polar surface area (TPSA) is 60.2 Å². The molecule has 0 unspecified atom stereocenters. The largest absolute Gasteiger partial charge is 0.494 e. The zero-order valence-corrected chi connectivity index (χ0v) is 24.6. The molecule has 5 rings (SSSR count). The third kappa shape index (κ3) is 6.83. The van der Waals surface area contributed by atoms with E-state index in [1.807, 2.05) is 59.4 Å². The van der Waals surface area contributed by atoms with Gasteiger partial charge in [-0.15, -0.1) is 0 Å². The summed E-state index contributed by atoms with van der Waals surface area (Å²) >= 11 is 0. The number of likely N-dealkylation sites (N-methyl/N-ethyl adjacent to an activating group) is 1. The molecule has 0 N–H and O–H groups in total. The molecule has 0 saturated heterocycles. The fourth-order valence-electron chi connectivity index (χ4n) is 5.10. The van der Waals surface area contributed by atoms with Crippen molar-refractivity contribution >= 4 is 16.7 Å². The number of aromatic nitrogens is 3. The number of hydrogen-bond acceptors (Lipinski definition) is 5. The molecule has 0 atom stereocenters. The molecule has 6 nitrogen and oxygen atoms in total. The fraction of sp³-hybridized carbons (Fsp3) is 0.343. The predicted octanol–water partition coefficient (Wildman–Crippen LogP) is 7.59. The van der Waals surface area contributed by atoms with Gasteiger partial charge in [0.25, 0.3) is 0 Å². The molecule has 0 spiro atoms. The molecule has 1 aromatic heterocycles.